The lowest BCUT2D eigenvalue weighted by Gasteiger charge is -1.96. The number of nitrogens with zero attached hydrogens (tertiary/aromatic N) is 2. The lowest BCUT2D eigenvalue weighted by Crippen LogP contribution is -2.19. The van der Waals surface area contributed by atoms with Crippen LogP contribution in [0.5, 0.6) is 0 Å². The van der Waals surface area contributed by atoms with E-state index in [9.17, 15) is 9.59 Å². The molecule has 1 aromatic rings. The number of carboxylic acid groups (broad SMARTS) is 1. The highest BCUT2D eigenvalue weighted by atomic mass is 16.4. The number of carbonyl (C=O) groups is 2. The van der Waals surface area contributed by atoms with Gasteiger partial charge in [-0.05, 0) is 0 Å². The van der Waals surface area contributed by atoms with Crippen LogP contribution in [0.25, 0.3) is 6.08 Å². The van der Waals surface area contributed by atoms with Crippen molar-refractivity contribution in [1.29, 1.82) is 0 Å². The van der Waals surface area contributed by atoms with Crippen molar-refractivity contribution in [2.45, 2.75) is 6.92 Å². The maximum atomic E-state index is 10.5. The van der Waals surface area contributed by atoms with Gasteiger partial charge in [0.25, 0.3) is 0 Å². The van der Waals surface area contributed by atoms with E-state index in [1.807, 2.05) is 0 Å². The predicted octanol–water partition coefficient (Wildman–Crippen LogP) is 0.324. The van der Waals surface area contributed by atoms with Gasteiger partial charge in [-0.15, -0.1) is 0 Å². The first-order chi connectivity index (χ1) is 7.59. The van der Waals surface area contributed by atoms with Crippen molar-refractivity contribution in [3.8, 4) is 0 Å². The van der Waals surface area contributed by atoms with Gasteiger partial charge in [0.2, 0.25) is 11.7 Å². The van der Waals surface area contributed by atoms with Crippen LogP contribution in [0.15, 0.2) is 18.5 Å². The zero-order valence-electron chi connectivity index (χ0n) is 8.67. The molecule has 6 heteroatoms. The summed E-state index contributed by atoms with van der Waals surface area (Å²) in [6.07, 6.45) is 6.23. The van der Waals surface area contributed by atoms with Crippen LogP contribution in [0.3, 0.4) is 0 Å². The van der Waals surface area contributed by atoms with Crippen molar-refractivity contribution in [3.05, 3.63) is 29.9 Å². The highest BCUT2D eigenvalue weighted by molar-refractivity contribution is 5.83. The van der Waals surface area contributed by atoms with E-state index in [1.165, 1.54) is 19.3 Å². The summed E-state index contributed by atoms with van der Waals surface area (Å²) in [5, 5.41) is 11.1. The highest BCUT2D eigenvalue weighted by Crippen LogP contribution is 1.98. The minimum absolute atomic E-state index is 0.109. The first-order valence-electron chi connectivity index (χ1n) is 4.56. The SMILES string of the molecule is CC(=O)NCC=Cc1cnc(C(=O)O)nc1. The summed E-state index contributed by atoms with van der Waals surface area (Å²) in [5.41, 5.74) is 0.676. The van der Waals surface area contributed by atoms with Crippen molar-refractivity contribution >= 4 is 18.0 Å². The Morgan fingerprint density at radius 3 is 2.56 bits per heavy atom. The zero-order chi connectivity index (χ0) is 12.0. The Balaban J connectivity index is 2.55. The summed E-state index contributed by atoms with van der Waals surface area (Å²) in [4.78, 5) is 28.3. The third-order valence-corrected chi connectivity index (χ3v) is 1.64. The molecule has 1 aromatic heterocycles. The molecule has 84 valence electrons. The summed E-state index contributed by atoms with van der Waals surface area (Å²) < 4.78 is 0. The van der Waals surface area contributed by atoms with E-state index in [0.29, 0.717) is 12.1 Å². The lowest BCUT2D eigenvalue weighted by atomic mass is 10.3. The summed E-state index contributed by atoms with van der Waals surface area (Å²) >= 11 is 0. The average molecular weight is 221 g/mol. The fraction of sp³-hybridized carbons (Fsp3) is 0.200. The number of carbonyl (C=O) groups excluding carboxylic acids is 1. The van der Waals surface area contributed by atoms with Gasteiger partial charge < -0.3 is 10.4 Å². The Hall–Kier alpha value is -2.24. The van der Waals surface area contributed by atoms with Crippen LogP contribution in [0.1, 0.15) is 23.1 Å². The maximum Gasteiger partial charge on any atom is 0.373 e. The second-order valence-electron chi connectivity index (χ2n) is 2.98. The number of rotatable bonds is 4. The van der Waals surface area contributed by atoms with E-state index in [4.69, 9.17) is 5.11 Å². The molecule has 6 nitrogen and oxygen atoms in total. The van der Waals surface area contributed by atoms with Gasteiger partial charge in [0, 0.05) is 31.4 Å². The molecule has 0 bridgehead atoms. The van der Waals surface area contributed by atoms with Gasteiger partial charge >= 0.3 is 5.97 Å². The molecule has 1 rings (SSSR count). The van der Waals surface area contributed by atoms with Crippen LogP contribution < -0.4 is 5.32 Å². The molecule has 0 unspecified atom stereocenters. The fourth-order valence-corrected chi connectivity index (χ4v) is 0.932. The van der Waals surface area contributed by atoms with E-state index in [2.05, 4.69) is 15.3 Å². The number of amides is 1. The second-order valence-corrected chi connectivity index (χ2v) is 2.98. The summed E-state index contributed by atoms with van der Waals surface area (Å²) in [5.74, 6) is -1.50. The first kappa shape index (κ1) is 11.8. The summed E-state index contributed by atoms with van der Waals surface area (Å²) in [7, 11) is 0. The first-order valence-corrected chi connectivity index (χ1v) is 4.56. The Morgan fingerprint density at radius 1 is 1.44 bits per heavy atom. The van der Waals surface area contributed by atoms with E-state index in [1.54, 1.807) is 12.2 Å². The number of nitrogens with one attached hydrogen (secondary N) is 1. The number of aromatic nitrogens is 2. The summed E-state index contributed by atoms with van der Waals surface area (Å²) in [6.45, 7) is 1.84. The molecule has 0 aliphatic rings. The largest absolute Gasteiger partial charge is 0.475 e. The number of hydrogen-bond donors (Lipinski definition) is 2. The standard InChI is InChI=1S/C10H11N3O3/c1-7(14)11-4-2-3-8-5-12-9(10(15)16)13-6-8/h2-3,5-6H,4H2,1H3,(H,11,14)(H,15,16). The Bertz CT molecular complexity index is 412. The maximum absolute atomic E-state index is 10.5. The van der Waals surface area contributed by atoms with Gasteiger partial charge in [0.1, 0.15) is 0 Å². The quantitative estimate of drug-likeness (QED) is 0.764. The smallest absolute Gasteiger partial charge is 0.373 e. The molecule has 0 saturated carbocycles. The van der Waals surface area contributed by atoms with Crippen LogP contribution in [0, 0.1) is 0 Å². The molecule has 0 aromatic carbocycles. The molecule has 1 heterocycles. The van der Waals surface area contributed by atoms with Gasteiger partial charge in [0.15, 0.2) is 0 Å². The van der Waals surface area contributed by atoms with Crippen LogP contribution in [-0.4, -0.2) is 33.5 Å². The van der Waals surface area contributed by atoms with E-state index in [0.717, 1.165) is 0 Å². The lowest BCUT2D eigenvalue weighted by molar-refractivity contribution is -0.118. The van der Waals surface area contributed by atoms with Crippen molar-refractivity contribution < 1.29 is 14.7 Å². The average Bonchev–Trinajstić information content (AvgIpc) is 2.25. The van der Waals surface area contributed by atoms with E-state index in [-0.39, 0.29) is 11.7 Å². The van der Waals surface area contributed by atoms with Crippen molar-refractivity contribution in [2.75, 3.05) is 6.54 Å². The predicted molar refractivity (Wildman–Crippen MR) is 56.7 cm³/mol. The minimum Gasteiger partial charge on any atom is -0.475 e. The van der Waals surface area contributed by atoms with Crippen molar-refractivity contribution in [3.63, 3.8) is 0 Å². The van der Waals surface area contributed by atoms with Crippen molar-refractivity contribution in [1.82, 2.24) is 15.3 Å². The molecular weight excluding hydrogens is 210 g/mol. The Kier molecular flexibility index (Phi) is 4.14. The summed E-state index contributed by atoms with van der Waals surface area (Å²) in [6, 6.07) is 0. The van der Waals surface area contributed by atoms with Gasteiger partial charge in [-0.25, -0.2) is 14.8 Å². The topological polar surface area (TPSA) is 92.2 Å². The van der Waals surface area contributed by atoms with Crippen LogP contribution in [0.2, 0.25) is 0 Å². The third-order valence-electron chi connectivity index (χ3n) is 1.64. The van der Waals surface area contributed by atoms with E-state index < -0.39 is 5.97 Å². The highest BCUT2D eigenvalue weighted by Gasteiger charge is 2.03. The van der Waals surface area contributed by atoms with Gasteiger partial charge in [-0.1, -0.05) is 12.2 Å². The monoisotopic (exact) mass is 221 g/mol. The molecule has 0 radical (unpaired) electrons. The molecule has 0 fully saturated rings. The van der Waals surface area contributed by atoms with Gasteiger partial charge in [-0.2, -0.15) is 0 Å². The Morgan fingerprint density at radius 2 is 2.06 bits per heavy atom. The van der Waals surface area contributed by atoms with Crippen molar-refractivity contribution in [2.24, 2.45) is 0 Å². The molecule has 0 aliphatic heterocycles. The third kappa shape index (κ3) is 3.87. The minimum atomic E-state index is -1.16. The molecule has 0 atom stereocenters. The number of aromatic carboxylic acids is 1. The fourth-order valence-electron chi connectivity index (χ4n) is 0.932. The van der Waals surface area contributed by atoms with Crippen LogP contribution in [0.4, 0.5) is 0 Å². The molecule has 0 spiro atoms. The second kappa shape index (κ2) is 5.59. The number of hydrogen-bond acceptors (Lipinski definition) is 4. The normalized spacial score (nSPS) is 10.3. The van der Waals surface area contributed by atoms with Crippen LogP contribution in [-0.2, 0) is 4.79 Å². The number of carboxylic acids is 1. The molecule has 0 saturated heterocycles. The molecule has 2 N–H and O–H groups in total. The Labute approximate surface area is 92.0 Å². The van der Waals surface area contributed by atoms with Gasteiger partial charge in [0.05, 0.1) is 0 Å². The van der Waals surface area contributed by atoms with Crippen LogP contribution >= 0.6 is 0 Å². The molecular formula is C10H11N3O3. The molecule has 1 amide bonds. The molecule has 16 heavy (non-hydrogen) atoms. The molecule has 0 aliphatic carbocycles. The zero-order valence-corrected chi connectivity index (χ0v) is 8.67. The van der Waals surface area contributed by atoms with Gasteiger partial charge in [-0.3, -0.25) is 4.79 Å². The van der Waals surface area contributed by atoms with E-state index >= 15 is 0 Å².